The van der Waals surface area contributed by atoms with Crippen LogP contribution in [0.1, 0.15) is 51.5 Å². The molecule has 6 rings (SSSR count). The van der Waals surface area contributed by atoms with Crippen LogP contribution in [0.4, 0.5) is 19.0 Å². The molecule has 0 radical (unpaired) electrons. The lowest BCUT2D eigenvalue weighted by Crippen LogP contribution is -2.35. The van der Waals surface area contributed by atoms with E-state index in [-0.39, 0.29) is 16.5 Å². The van der Waals surface area contributed by atoms with E-state index in [0.29, 0.717) is 48.5 Å². The molecular weight excluding hydrogens is 638 g/mol. The zero-order chi connectivity index (χ0) is 32.8. The summed E-state index contributed by atoms with van der Waals surface area (Å²) in [4.78, 5) is 14.0. The lowest BCUT2D eigenvalue weighted by atomic mass is 9.77. The molecule has 1 atom stereocenters. The summed E-state index contributed by atoms with van der Waals surface area (Å²) >= 11 is 12.2. The molecule has 5 aromatic rings. The minimum absolute atomic E-state index is 0.0502. The number of unbranched alkanes of at least 4 members (excludes halogenated alkanes) is 1. The molecule has 4 heterocycles. The fourth-order valence-corrected chi connectivity index (χ4v) is 6.00. The van der Waals surface area contributed by atoms with Crippen molar-refractivity contribution in [2.75, 3.05) is 18.0 Å². The van der Waals surface area contributed by atoms with Crippen molar-refractivity contribution in [2.24, 2.45) is 5.92 Å². The Hall–Kier alpha value is -4.21. The summed E-state index contributed by atoms with van der Waals surface area (Å²) in [7, 11) is 0. The van der Waals surface area contributed by atoms with Crippen LogP contribution in [0.3, 0.4) is 0 Å². The van der Waals surface area contributed by atoms with E-state index in [9.17, 15) is 18.4 Å². The first kappa shape index (κ1) is 33.2. The highest BCUT2D eigenvalue weighted by Gasteiger charge is 2.33. The number of hydrogen-bond acceptors (Lipinski definition) is 7. The molecule has 0 amide bonds. The number of piperidine rings is 1. The van der Waals surface area contributed by atoms with Gasteiger partial charge in [0.25, 0.3) is 5.78 Å². The van der Waals surface area contributed by atoms with Gasteiger partial charge in [0.05, 0.1) is 23.7 Å². The highest BCUT2D eigenvalue weighted by molar-refractivity contribution is 6.33. The summed E-state index contributed by atoms with van der Waals surface area (Å²) in [6, 6.07) is 11.3. The number of nitrogens with zero attached hydrogens (tertiary/aromatic N) is 9. The highest BCUT2D eigenvalue weighted by atomic mass is 35.5. The predicted octanol–water partition coefficient (Wildman–Crippen LogP) is 7.68. The average molecular weight is 671 g/mol. The summed E-state index contributed by atoms with van der Waals surface area (Å²) in [5.74, 6) is -1.89. The zero-order valence-electron chi connectivity index (χ0n) is 25.3. The Kier molecular flexibility index (Phi) is 10.4. The molecule has 1 fully saturated rings. The minimum Gasteiger partial charge on any atom is -0.356 e. The first-order valence-electron chi connectivity index (χ1n) is 14.9. The summed E-state index contributed by atoms with van der Waals surface area (Å²) in [5, 5.41) is 18.6. The molecule has 0 spiro atoms. The normalized spacial score (nSPS) is 14.9. The van der Waals surface area contributed by atoms with Crippen LogP contribution in [0.5, 0.6) is 0 Å². The van der Waals surface area contributed by atoms with Crippen LogP contribution >= 0.6 is 23.2 Å². The quantitative estimate of drug-likeness (QED) is 0.156. The fraction of sp³-hybridized carbons (Fsp3) is 0.375. The molecule has 1 saturated heterocycles. The van der Waals surface area contributed by atoms with Gasteiger partial charge in [0.15, 0.2) is 0 Å². The molecule has 0 aliphatic carbocycles. The predicted molar refractivity (Wildman–Crippen MR) is 170 cm³/mol. The maximum absolute atomic E-state index is 14.5. The van der Waals surface area contributed by atoms with Crippen LogP contribution in [0, 0.1) is 34.7 Å². The topological polar surface area (TPSA) is 101 Å². The van der Waals surface area contributed by atoms with Crippen LogP contribution in [0.25, 0.3) is 16.9 Å². The van der Waals surface area contributed by atoms with E-state index in [1.807, 2.05) is 29.2 Å². The van der Waals surface area contributed by atoms with Crippen LogP contribution in [0.15, 0.2) is 55.4 Å². The van der Waals surface area contributed by atoms with Gasteiger partial charge in [-0.15, -0.1) is 0 Å². The number of anilines is 1. The molecule has 14 heteroatoms. The Morgan fingerprint density at radius 1 is 1.00 bits per heavy atom. The van der Waals surface area contributed by atoms with Crippen LogP contribution in [-0.4, -0.2) is 47.4 Å². The van der Waals surface area contributed by atoms with Crippen molar-refractivity contribution >= 4 is 34.8 Å². The van der Waals surface area contributed by atoms with E-state index < -0.39 is 28.4 Å². The van der Waals surface area contributed by atoms with Gasteiger partial charge in [-0.3, -0.25) is 4.68 Å². The largest absolute Gasteiger partial charge is 0.356 e. The smallest absolute Gasteiger partial charge is 0.255 e. The molecule has 46 heavy (non-hydrogen) atoms. The molecule has 0 bridgehead atoms. The van der Waals surface area contributed by atoms with Crippen molar-refractivity contribution in [3.05, 3.63) is 88.6 Å². The van der Waals surface area contributed by atoms with E-state index in [2.05, 4.69) is 45.1 Å². The molecule has 1 unspecified atom stereocenters. The lowest BCUT2D eigenvalue weighted by molar-refractivity contribution is 0.390. The van der Waals surface area contributed by atoms with E-state index in [1.165, 1.54) is 17.2 Å². The number of fused-ring (bicyclic) bond motifs is 1. The van der Waals surface area contributed by atoms with Crippen LogP contribution < -0.4 is 4.90 Å². The molecule has 240 valence electrons. The molecular formula is C32H32Cl2F3N9. The third kappa shape index (κ3) is 7.11. The van der Waals surface area contributed by atoms with Crippen molar-refractivity contribution in [1.82, 2.24) is 34.3 Å². The van der Waals surface area contributed by atoms with Gasteiger partial charge in [-0.05, 0) is 42.9 Å². The first-order chi connectivity index (χ1) is 22.2. The summed E-state index contributed by atoms with van der Waals surface area (Å²) in [6.45, 7) is 6.13. The second-order valence-corrected chi connectivity index (χ2v) is 12.2. The van der Waals surface area contributed by atoms with E-state index >= 15 is 0 Å². The lowest BCUT2D eigenvalue weighted by Gasteiger charge is -2.33. The Balaban J connectivity index is 0.000000188. The van der Waals surface area contributed by atoms with Crippen molar-refractivity contribution in [1.29, 1.82) is 5.26 Å². The number of aromatic nitrogens is 7. The monoisotopic (exact) mass is 669 g/mol. The summed E-state index contributed by atoms with van der Waals surface area (Å²) in [6.07, 6.45) is 9.11. The fourth-order valence-electron chi connectivity index (χ4n) is 5.62. The Labute approximate surface area is 274 Å². The van der Waals surface area contributed by atoms with Crippen LogP contribution in [0.2, 0.25) is 10.2 Å². The molecule has 2 aromatic carbocycles. The van der Waals surface area contributed by atoms with Gasteiger partial charge in [-0.25, -0.2) is 18.2 Å². The number of benzene rings is 2. The summed E-state index contributed by atoms with van der Waals surface area (Å²) < 4.78 is 45.5. The minimum atomic E-state index is -1.04. The number of rotatable bonds is 8. The summed E-state index contributed by atoms with van der Waals surface area (Å²) in [5.41, 5.74) is 0.0198. The average Bonchev–Trinajstić information content (AvgIpc) is 3.72. The van der Waals surface area contributed by atoms with Crippen LogP contribution in [-0.2, 0) is 12.0 Å². The second-order valence-electron chi connectivity index (χ2n) is 11.4. The van der Waals surface area contributed by atoms with Gasteiger partial charge < -0.3 is 4.90 Å². The van der Waals surface area contributed by atoms with Gasteiger partial charge in [0.1, 0.15) is 52.8 Å². The van der Waals surface area contributed by atoms with Gasteiger partial charge in [-0.2, -0.15) is 29.9 Å². The van der Waals surface area contributed by atoms with Gasteiger partial charge in [0.2, 0.25) is 0 Å². The second kappa shape index (κ2) is 14.5. The van der Waals surface area contributed by atoms with E-state index in [0.717, 1.165) is 37.7 Å². The maximum Gasteiger partial charge on any atom is 0.255 e. The van der Waals surface area contributed by atoms with Gasteiger partial charge >= 0.3 is 0 Å². The number of nitriles is 1. The Morgan fingerprint density at radius 2 is 1.70 bits per heavy atom. The SMILES string of the molecule is CC1CCN(c2c(-c3c(F)cc(F)cc3F)c(Cl)nc3ncnn23)CC1.CCCCC(C#N)(Cn1cncn1)c1ccc(Cl)cc1. The molecule has 1 aliphatic heterocycles. The molecule has 9 nitrogen and oxygen atoms in total. The first-order valence-corrected chi connectivity index (χ1v) is 15.7. The van der Waals surface area contributed by atoms with E-state index in [1.54, 1.807) is 11.0 Å². The van der Waals surface area contributed by atoms with Crippen molar-refractivity contribution < 1.29 is 13.2 Å². The molecule has 1 aliphatic rings. The van der Waals surface area contributed by atoms with E-state index in [4.69, 9.17) is 23.2 Å². The van der Waals surface area contributed by atoms with Crippen molar-refractivity contribution in [3.63, 3.8) is 0 Å². The number of hydrogen-bond donors (Lipinski definition) is 0. The highest BCUT2D eigenvalue weighted by Crippen LogP contribution is 2.40. The van der Waals surface area contributed by atoms with Gasteiger partial charge in [0, 0.05) is 30.2 Å². The third-order valence-corrected chi connectivity index (χ3v) is 8.69. The Bertz CT molecular complexity index is 1790. The molecule has 3 aromatic heterocycles. The van der Waals surface area contributed by atoms with Crippen molar-refractivity contribution in [2.45, 2.75) is 57.9 Å². The standard InChI is InChI=1S/C17H15ClF3N5.C15H17ClN4/c1-9-2-4-25(5-3-9)16-14(13-11(20)6-10(19)7-12(13)21)15(18)24-17-22-8-23-26(16)17;1-2-3-8-15(9-17,10-20-12-18-11-19-20)13-4-6-14(16)7-5-13/h6-9H,2-5H2,1H3;4-7,11-12H,2-3,8,10H2,1H3. The maximum atomic E-state index is 14.5. The number of halogens is 5. The third-order valence-electron chi connectivity index (χ3n) is 8.16. The zero-order valence-corrected chi connectivity index (χ0v) is 26.9. The molecule has 0 N–H and O–H groups in total. The molecule has 0 saturated carbocycles. The Morgan fingerprint density at radius 3 is 2.30 bits per heavy atom. The van der Waals surface area contributed by atoms with Gasteiger partial charge in [-0.1, -0.05) is 62.0 Å². The van der Waals surface area contributed by atoms with Crippen molar-refractivity contribution in [3.8, 4) is 17.2 Å².